The monoisotopic (exact) mass is 111 g/mol. The summed E-state index contributed by atoms with van der Waals surface area (Å²) in [5.74, 6) is 0.347. The van der Waals surface area contributed by atoms with Crippen molar-refractivity contribution in [1.82, 2.24) is 0 Å². The van der Waals surface area contributed by atoms with Crippen molar-refractivity contribution in [2.45, 2.75) is 0 Å². The Morgan fingerprint density at radius 1 is 1.75 bits per heavy atom. The zero-order chi connectivity index (χ0) is 5.82. The maximum absolute atomic E-state index is 6.47. The van der Waals surface area contributed by atoms with Crippen molar-refractivity contribution >= 4 is 6.40 Å². The van der Waals surface area contributed by atoms with E-state index in [1.807, 2.05) is 0 Å². The van der Waals surface area contributed by atoms with Gasteiger partial charge in [-0.25, -0.2) is 0 Å². The highest BCUT2D eigenvalue weighted by atomic mass is 16.6. The van der Waals surface area contributed by atoms with E-state index in [9.17, 15) is 0 Å². The molecule has 1 rings (SSSR count). The summed E-state index contributed by atoms with van der Waals surface area (Å²) >= 11 is 0. The molecule has 0 radical (unpaired) electrons. The van der Waals surface area contributed by atoms with E-state index >= 15 is 0 Å². The van der Waals surface area contributed by atoms with Crippen molar-refractivity contribution in [3.05, 3.63) is 18.4 Å². The van der Waals surface area contributed by atoms with E-state index in [1.54, 1.807) is 12.1 Å². The van der Waals surface area contributed by atoms with E-state index in [2.05, 4.69) is 4.74 Å². The van der Waals surface area contributed by atoms with Crippen LogP contribution in [0.1, 0.15) is 0 Å². The van der Waals surface area contributed by atoms with Crippen LogP contribution in [0, 0.1) is 5.41 Å². The number of hydrogen-bond acceptors (Lipinski definition) is 3. The highest BCUT2D eigenvalue weighted by Crippen LogP contribution is 2.07. The van der Waals surface area contributed by atoms with Crippen LogP contribution in [-0.2, 0) is 0 Å². The number of rotatable bonds is 2. The fraction of sp³-hybridized carbons (Fsp3) is 0. The van der Waals surface area contributed by atoms with E-state index in [0.717, 1.165) is 6.40 Å². The van der Waals surface area contributed by atoms with Gasteiger partial charge in [-0.3, -0.25) is 5.41 Å². The van der Waals surface area contributed by atoms with Crippen molar-refractivity contribution in [3.63, 3.8) is 0 Å². The van der Waals surface area contributed by atoms with Crippen LogP contribution in [0.15, 0.2) is 22.8 Å². The smallest absolute Gasteiger partial charge is 0.290 e. The average molecular weight is 111 g/mol. The SMILES string of the molecule is N=COc1ccco1. The van der Waals surface area contributed by atoms with Gasteiger partial charge in [0.15, 0.2) is 6.40 Å². The minimum atomic E-state index is 0.347. The molecule has 1 aromatic rings. The largest absolute Gasteiger partial charge is 0.434 e. The topological polar surface area (TPSA) is 46.2 Å². The minimum absolute atomic E-state index is 0.347. The van der Waals surface area contributed by atoms with Crippen LogP contribution in [0.4, 0.5) is 0 Å². The van der Waals surface area contributed by atoms with Gasteiger partial charge in [0.1, 0.15) is 0 Å². The molecule has 0 spiro atoms. The summed E-state index contributed by atoms with van der Waals surface area (Å²) in [6, 6.07) is 3.32. The molecular formula is C5H5NO2. The van der Waals surface area contributed by atoms with E-state index in [1.165, 1.54) is 6.26 Å². The third-order valence-electron chi connectivity index (χ3n) is 0.670. The Hall–Kier alpha value is -1.25. The van der Waals surface area contributed by atoms with Crippen molar-refractivity contribution in [3.8, 4) is 5.95 Å². The Labute approximate surface area is 46.4 Å². The minimum Gasteiger partial charge on any atom is -0.434 e. The summed E-state index contributed by atoms with van der Waals surface area (Å²) in [6.07, 6.45) is 2.30. The standard InChI is InChI=1S/C5H5NO2/c6-4-8-5-2-1-3-7-5/h1-4,6H. The van der Waals surface area contributed by atoms with Crippen molar-refractivity contribution in [2.24, 2.45) is 0 Å². The fourth-order valence-electron chi connectivity index (χ4n) is 0.389. The number of ether oxygens (including phenoxy) is 1. The van der Waals surface area contributed by atoms with Gasteiger partial charge in [-0.2, -0.15) is 0 Å². The number of hydrogen-bond donors (Lipinski definition) is 1. The number of nitrogens with one attached hydrogen (secondary N) is 1. The lowest BCUT2D eigenvalue weighted by molar-refractivity contribution is 0.390. The molecule has 0 aliphatic heterocycles. The molecule has 0 aromatic carbocycles. The molecule has 0 unspecified atom stereocenters. The molecule has 0 saturated heterocycles. The van der Waals surface area contributed by atoms with Crippen LogP contribution in [0.25, 0.3) is 0 Å². The Kier molecular flexibility index (Phi) is 1.32. The second-order valence-electron chi connectivity index (χ2n) is 1.17. The van der Waals surface area contributed by atoms with Gasteiger partial charge in [0, 0.05) is 6.07 Å². The molecule has 0 aliphatic rings. The second-order valence-corrected chi connectivity index (χ2v) is 1.17. The fourth-order valence-corrected chi connectivity index (χ4v) is 0.389. The van der Waals surface area contributed by atoms with Crippen LogP contribution in [0.3, 0.4) is 0 Å². The molecule has 0 aliphatic carbocycles. The summed E-state index contributed by atoms with van der Waals surface area (Å²) in [7, 11) is 0. The first kappa shape index (κ1) is 4.90. The zero-order valence-electron chi connectivity index (χ0n) is 4.13. The maximum atomic E-state index is 6.47. The maximum Gasteiger partial charge on any atom is 0.290 e. The van der Waals surface area contributed by atoms with Gasteiger partial charge in [-0.05, 0) is 6.07 Å². The van der Waals surface area contributed by atoms with Gasteiger partial charge < -0.3 is 9.15 Å². The van der Waals surface area contributed by atoms with E-state index in [0.29, 0.717) is 5.95 Å². The summed E-state index contributed by atoms with van der Waals surface area (Å²) in [5, 5.41) is 6.47. The van der Waals surface area contributed by atoms with Gasteiger partial charge in [-0.15, -0.1) is 0 Å². The molecule has 0 saturated carbocycles. The predicted molar refractivity (Wildman–Crippen MR) is 28.1 cm³/mol. The highest BCUT2D eigenvalue weighted by molar-refractivity contribution is 5.45. The highest BCUT2D eigenvalue weighted by Gasteiger charge is 1.87. The molecule has 42 valence electrons. The van der Waals surface area contributed by atoms with Crippen molar-refractivity contribution in [2.75, 3.05) is 0 Å². The van der Waals surface area contributed by atoms with Gasteiger partial charge in [0.05, 0.1) is 6.26 Å². The normalized spacial score (nSPS) is 8.50. The number of furan rings is 1. The van der Waals surface area contributed by atoms with E-state index in [-0.39, 0.29) is 0 Å². The molecule has 0 bridgehead atoms. The Morgan fingerprint density at radius 2 is 2.62 bits per heavy atom. The molecule has 0 amide bonds. The molecule has 1 aromatic heterocycles. The van der Waals surface area contributed by atoms with Crippen LogP contribution in [-0.4, -0.2) is 6.40 Å². The first-order valence-electron chi connectivity index (χ1n) is 2.12. The summed E-state index contributed by atoms with van der Waals surface area (Å²) in [6.45, 7) is 0. The van der Waals surface area contributed by atoms with Crippen molar-refractivity contribution < 1.29 is 9.15 Å². The average Bonchev–Trinajstić information content (AvgIpc) is 2.19. The molecule has 1 N–H and O–H groups in total. The third kappa shape index (κ3) is 0.872. The van der Waals surface area contributed by atoms with Crippen LogP contribution in [0.2, 0.25) is 0 Å². The van der Waals surface area contributed by atoms with Gasteiger partial charge in [-0.1, -0.05) is 0 Å². The van der Waals surface area contributed by atoms with Crippen LogP contribution in [0.5, 0.6) is 5.95 Å². The molecule has 1 heterocycles. The lowest BCUT2D eigenvalue weighted by Gasteiger charge is -1.85. The van der Waals surface area contributed by atoms with Crippen LogP contribution >= 0.6 is 0 Å². The first-order valence-corrected chi connectivity index (χ1v) is 2.12. The molecule has 8 heavy (non-hydrogen) atoms. The molecule has 3 heteroatoms. The molecule has 0 atom stereocenters. The molecular weight excluding hydrogens is 106 g/mol. The van der Waals surface area contributed by atoms with Gasteiger partial charge in [0.2, 0.25) is 0 Å². The van der Waals surface area contributed by atoms with E-state index < -0.39 is 0 Å². The van der Waals surface area contributed by atoms with Gasteiger partial charge in [0.25, 0.3) is 5.95 Å². The quantitative estimate of drug-likeness (QED) is 0.461. The molecule has 0 fully saturated rings. The lowest BCUT2D eigenvalue weighted by atomic mass is 10.7. The Balaban J connectivity index is 2.62. The lowest BCUT2D eigenvalue weighted by Crippen LogP contribution is -1.82. The zero-order valence-corrected chi connectivity index (χ0v) is 4.13. The van der Waals surface area contributed by atoms with Crippen LogP contribution < -0.4 is 4.74 Å². The van der Waals surface area contributed by atoms with Crippen molar-refractivity contribution in [1.29, 1.82) is 5.41 Å². The Bertz CT molecular complexity index is 157. The third-order valence-corrected chi connectivity index (χ3v) is 0.670. The predicted octanol–water partition coefficient (Wildman–Crippen LogP) is 1.27. The summed E-state index contributed by atoms with van der Waals surface area (Å²) < 4.78 is 9.22. The van der Waals surface area contributed by atoms with Gasteiger partial charge >= 0.3 is 0 Å². The summed E-state index contributed by atoms with van der Waals surface area (Å²) in [5.41, 5.74) is 0. The Morgan fingerprint density at radius 3 is 3.12 bits per heavy atom. The van der Waals surface area contributed by atoms with E-state index in [4.69, 9.17) is 9.83 Å². The second kappa shape index (κ2) is 2.16. The molecule has 3 nitrogen and oxygen atoms in total. The first-order chi connectivity index (χ1) is 3.93. The summed E-state index contributed by atoms with van der Waals surface area (Å²) in [4.78, 5) is 0.